The fourth-order valence-electron chi connectivity index (χ4n) is 4.16. The zero-order valence-corrected chi connectivity index (χ0v) is 17.8. The van der Waals surface area contributed by atoms with Crippen LogP contribution in [0.3, 0.4) is 0 Å². The van der Waals surface area contributed by atoms with Gasteiger partial charge in [-0.05, 0) is 48.2 Å². The van der Waals surface area contributed by atoms with Gasteiger partial charge in [0.25, 0.3) is 5.56 Å². The number of ether oxygens (including phenoxy) is 1. The number of carbonyl (C=O) groups is 1. The zero-order chi connectivity index (χ0) is 23.6. The van der Waals surface area contributed by atoms with Crippen LogP contribution in [0.25, 0.3) is 11.0 Å². The van der Waals surface area contributed by atoms with Gasteiger partial charge in [-0.15, -0.1) is 0 Å². The van der Waals surface area contributed by atoms with Gasteiger partial charge in [0, 0.05) is 6.42 Å². The molecule has 1 saturated carbocycles. The molecule has 0 spiro atoms. The lowest BCUT2D eigenvalue weighted by molar-refractivity contribution is -0.155. The number of carboxylic acids is 1. The van der Waals surface area contributed by atoms with Crippen molar-refractivity contribution in [3.05, 3.63) is 69.5 Å². The molecule has 1 aliphatic rings. The number of aliphatic carboxylic acids is 1. The van der Waals surface area contributed by atoms with E-state index in [4.69, 9.17) is 9.26 Å². The van der Waals surface area contributed by atoms with E-state index in [2.05, 4.69) is 0 Å². The summed E-state index contributed by atoms with van der Waals surface area (Å²) in [6, 6.07) is 9.38. The molecule has 1 heterocycles. The highest BCUT2D eigenvalue weighted by atomic mass is 19.4. The first-order valence-electron chi connectivity index (χ1n) is 10.9. The number of rotatable bonds is 7. The Labute approximate surface area is 187 Å². The highest BCUT2D eigenvalue weighted by molar-refractivity contribution is 5.77. The van der Waals surface area contributed by atoms with Crippen LogP contribution in [0.4, 0.5) is 13.2 Å². The first-order valence-corrected chi connectivity index (χ1v) is 10.9. The number of benzene rings is 2. The summed E-state index contributed by atoms with van der Waals surface area (Å²) in [4.78, 5) is 24.5. The number of fused-ring (bicyclic) bond motifs is 1. The van der Waals surface area contributed by atoms with Crippen LogP contribution in [-0.4, -0.2) is 28.0 Å². The molecule has 1 atom stereocenters. The average Bonchev–Trinajstić information content (AvgIpc) is 3.08. The molecular weight excluding hydrogens is 439 g/mol. The van der Waals surface area contributed by atoms with Gasteiger partial charge in [-0.25, -0.2) is 4.79 Å². The maximum Gasteiger partial charge on any atom is 0.416 e. The Morgan fingerprint density at radius 1 is 1.09 bits per heavy atom. The first-order chi connectivity index (χ1) is 15.7. The van der Waals surface area contributed by atoms with Gasteiger partial charge in [-0.3, -0.25) is 4.79 Å². The largest absolute Gasteiger partial charge is 0.479 e. The third-order valence-corrected chi connectivity index (χ3v) is 5.92. The molecule has 1 aliphatic carbocycles. The summed E-state index contributed by atoms with van der Waals surface area (Å²) in [5.41, 5.74) is 0.223. The second kappa shape index (κ2) is 9.43. The molecule has 0 aliphatic heterocycles. The summed E-state index contributed by atoms with van der Waals surface area (Å²) in [5.74, 6) is -1.05. The van der Waals surface area contributed by atoms with E-state index in [0.29, 0.717) is 16.7 Å². The number of hydrogen-bond acceptors (Lipinski definition) is 4. The summed E-state index contributed by atoms with van der Waals surface area (Å²) < 4.78 is 50.7. The fraction of sp³-hybridized carbons (Fsp3) is 0.417. The molecule has 1 N–H and O–H groups in total. The van der Waals surface area contributed by atoms with Crippen molar-refractivity contribution < 1.29 is 32.3 Å². The van der Waals surface area contributed by atoms with Gasteiger partial charge in [-0.2, -0.15) is 17.9 Å². The zero-order valence-electron chi connectivity index (χ0n) is 17.8. The summed E-state index contributed by atoms with van der Waals surface area (Å²) in [6.07, 6.45) is -0.519. The predicted octanol–water partition coefficient (Wildman–Crippen LogP) is 5.01. The molecular formula is C24H24F3NO5. The first kappa shape index (κ1) is 23.1. The molecule has 1 unspecified atom stereocenters. The monoisotopic (exact) mass is 463 g/mol. The van der Waals surface area contributed by atoms with Gasteiger partial charge in [-0.1, -0.05) is 37.5 Å². The van der Waals surface area contributed by atoms with Gasteiger partial charge < -0.3 is 14.4 Å². The molecule has 9 heteroatoms. The Kier molecular flexibility index (Phi) is 6.60. The molecule has 1 aromatic heterocycles. The van der Waals surface area contributed by atoms with Crippen LogP contribution in [0.5, 0.6) is 0 Å². The van der Waals surface area contributed by atoms with E-state index in [-0.39, 0.29) is 24.5 Å². The molecule has 0 radical (unpaired) electrons. The minimum atomic E-state index is -4.43. The second-order valence-electron chi connectivity index (χ2n) is 8.39. The number of carboxylic acid groups (broad SMARTS) is 1. The number of halogens is 3. The maximum absolute atomic E-state index is 12.8. The van der Waals surface area contributed by atoms with Gasteiger partial charge in [0.15, 0.2) is 11.7 Å². The third kappa shape index (κ3) is 5.47. The summed E-state index contributed by atoms with van der Waals surface area (Å²) in [7, 11) is 0. The van der Waals surface area contributed by atoms with Gasteiger partial charge >= 0.3 is 12.1 Å². The molecule has 3 aromatic rings. The molecule has 0 amide bonds. The lowest BCUT2D eigenvalue weighted by Crippen LogP contribution is -2.32. The Morgan fingerprint density at radius 3 is 2.39 bits per heavy atom. The Hall–Kier alpha value is -3.07. The summed E-state index contributed by atoms with van der Waals surface area (Å²) in [5, 5.41) is 9.87. The van der Waals surface area contributed by atoms with Crippen molar-refractivity contribution in [2.75, 3.05) is 0 Å². The number of hydrogen-bond donors (Lipinski definition) is 1. The molecule has 33 heavy (non-hydrogen) atoms. The molecule has 0 saturated heterocycles. The maximum atomic E-state index is 12.8. The highest BCUT2D eigenvalue weighted by Gasteiger charge is 2.30. The van der Waals surface area contributed by atoms with E-state index in [1.165, 1.54) is 12.1 Å². The normalized spacial score (nSPS) is 16.2. The molecule has 0 bridgehead atoms. The average molecular weight is 463 g/mol. The third-order valence-electron chi connectivity index (χ3n) is 5.92. The van der Waals surface area contributed by atoms with E-state index >= 15 is 0 Å². The smallest absolute Gasteiger partial charge is 0.416 e. The van der Waals surface area contributed by atoms with Crippen LogP contribution in [0.15, 0.2) is 51.8 Å². The van der Waals surface area contributed by atoms with E-state index < -0.39 is 29.4 Å². The topological polar surface area (TPSA) is 81.7 Å². The van der Waals surface area contributed by atoms with Crippen LogP contribution in [-0.2, 0) is 28.7 Å². The summed E-state index contributed by atoms with van der Waals surface area (Å²) >= 11 is 0. The van der Waals surface area contributed by atoms with Crippen LogP contribution in [0, 0.1) is 0 Å². The van der Waals surface area contributed by atoms with Crippen LogP contribution >= 0.6 is 0 Å². The van der Waals surface area contributed by atoms with Crippen molar-refractivity contribution in [3.63, 3.8) is 0 Å². The van der Waals surface area contributed by atoms with Gasteiger partial charge in [0.05, 0.1) is 23.6 Å². The predicted molar refractivity (Wildman–Crippen MR) is 114 cm³/mol. The van der Waals surface area contributed by atoms with E-state index in [0.717, 1.165) is 49.0 Å². The van der Waals surface area contributed by atoms with E-state index in [1.54, 1.807) is 18.2 Å². The fourth-order valence-corrected chi connectivity index (χ4v) is 4.16. The van der Waals surface area contributed by atoms with Gasteiger partial charge in [0.2, 0.25) is 0 Å². The molecule has 176 valence electrons. The number of aromatic nitrogens is 1. The molecule has 2 aromatic carbocycles. The van der Waals surface area contributed by atoms with Gasteiger partial charge in [0.1, 0.15) is 0 Å². The van der Waals surface area contributed by atoms with Crippen molar-refractivity contribution in [2.24, 2.45) is 0 Å². The Bertz CT molecular complexity index is 1170. The standard InChI is InChI=1S/C24H24F3NO5/c25-24(26,27)17-9-6-15(7-10-17)14-28-22(29)19-12-16(8-11-20(19)33-28)13-21(23(30)31)32-18-4-2-1-3-5-18/h6-12,18,21H,1-5,13-14H2,(H,30,31). The SMILES string of the molecule is O=C(O)C(Cc1ccc2on(Cc3ccc(C(F)(F)F)cc3)c(=O)c2c1)OC1CCCCC1. The Morgan fingerprint density at radius 2 is 1.76 bits per heavy atom. The van der Waals surface area contributed by atoms with Crippen molar-refractivity contribution >= 4 is 16.9 Å². The van der Waals surface area contributed by atoms with Crippen molar-refractivity contribution in [1.29, 1.82) is 0 Å². The number of alkyl halides is 3. The molecule has 6 nitrogen and oxygen atoms in total. The van der Waals surface area contributed by atoms with E-state index in [1.807, 2.05) is 0 Å². The van der Waals surface area contributed by atoms with Crippen LogP contribution in [0.2, 0.25) is 0 Å². The summed E-state index contributed by atoms with van der Waals surface area (Å²) in [6.45, 7) is -0.0243. The quantitative estimate of drug-likeness (QED) is 0.533. The van der Waals surface area contributed by atoms with Crippen LogP contribution < -0.4 is 5.56 Å². The van der Waals surface area contributed by atoms with Crippen LogP contribution in [0.1, 0.15) is 48.8 Å². The van der Waals surface area contributed by atoms with Crippen molar-refractivity contribution in [3.8, 4) is 0 Å². The van der Waals surface area contributed by atoms with Crippen molar-refractivity contribution in [2.45, 2.75) is 63.5 Å². The minimum absolute atomic E-state index is 0.0243. The second-order valence-corrected chi connectivity index (χ2v) is 8.39. The minimum Gasteiger partial charge on any atom is -0.479 e. The highest BCUT2D eigenvalue weighted by Crippen LogP contribution is 2.29. The Balaban J connectivity index is 1.51. The lowest BCUT2D eigenvalue weighted by atomic mass is 9.97. The lowest BCUT2D eigenvalue weighted by Gasteiger charge is -2.25. The number of nitrogens with zero attached hydrogens (tertiary/aromatic N) is 1. The van der Waals surface area contributed by atoms with Crippen molar-refractivity contribution in [1.82, 2.24) is 4.74 Å². The molecule has 1 fully saturated rings. The van der Waals surface area contributed by atoms with E-state index in [9.17, 15) is 27.9 Å². The molecule has 4 rings (SSSR count).